The molecule has 0 bridgehead atoms. The maximum absolute atomic E-state index is 15.0. The molecule has 0 saturated carbocycles. The zero-order valence-electron chi connectivity index (χ0n) is 29.1. The first-order chi connectivity index (χ1) is 23.9. The zero-order valence-corrected chi connectivity index (χ0v) is 29.9. The molecule has 1 unspecified atom stereocenters. The molecule has 3 aromatic carbocycles. The van der Waals surface area contributed by atoms with E-state index < -0.39 is 27.5 Å². The molecule has 262 valence electrons. The van der Waals surface area contributed by atoms with Crippen molar-refractivity contribution in [3.63, 3.8) is 0 Å². The van der Waals surface area contributed by atoms with Crippen molar-refractivity contribution in [3.05, 3.63) is 89.0 Å². The van der Waals surface area contributed by atoms with Gasteiger partial charge >= 0.3 is 6.03 Å². The number of benzene rings is 3. The number of anilines is 1. The van der Waals surface area contributed by atoms with Crippen LogP contribution in [0.15, 0.2) is 71.6 Å². The molecule has 12 heteroatoms. The summed E-state index contributed by atoms with van der Waals surface area (Å²) >= 11 is 0. The molecule has 3 fully saturated rings. The normalized spacial score (nSPS) is 22.2. The number of nitrogens with zero attached hydrogens (tertiary/aromatic N) is 5. The van der Waals surface area contributed by atoms with Crippen LogP contribution in [0.25, 0.3) is 0 Å². The molecule has 0 aliphatic carbocycles. The number of aryl methyl sites for hydroxylation is 1. The van der Waals surface area contributed by atoms with Crippen LogP contribution >= 0.6 is 0 Å². The smallest absolute Gasteiger partial charge is 0.318 e. The van der Waals surface area contributed by atoms with E-state index in [1.54, 1.807) is 41.3 Å². The van der Waals surface area contributed by atoms with Crippen LogP contribution in [0.4, 0.5) is 10.5 Å². The van der Waals surface area contributed by atoms with Gasteiger partial charge in [-0.25, -0.2) is 13.2 Å². The van der Waals surface area contributed by atoms with Crippen molar-refractivity contribution in [2.24, 2.45) is 5.41 Å². The van der Waals surface area contributed by atoms with Gasteiger partial charge in [-0.2, -0.15) is 9.57 Å². The molecule has 50 heavy (non-hydrogen) atoms. The Bertz CT molecular complexity index is 1950. The molecular formula is C38H44N6O5S. The summed E-state index contributed by atoms with van der Waals surface area (Å²) in [6, 6.07) is 20.3. The molecule has 1 spiro atoms. The Kier molecular flexibility index (Phi) is 8.65. The third-order valence-corrected chi connectivity index (χ3v) is 12.6. The van der Waals surface area contributed by atoms with E-state index in [-0.39, 0.29) is 39.3 Å². The standard InChI is InChI=1S/C38H44N6O5S/c1-5-49-34-9-7-6-8-31(34)38(40-36(46)43-24-37(25-43)22-42(23-37)29-16-18-41(19-17-29)26(2)3)32-20-28(21-39)12-15-33(32)44(35(38)45)50(47,48)30-13-10-27(4)11-14-30/h6-15,20,26,29H,5,16-19,22-25H2,1-4H3,(H,40,46). The number of sulfonamides is 1. The van der Waals surface area contributed by atoms with Crippen molar-refractivity contribution in [2.45, 2.75) is 63.1 Å². The van der Waals surface area contributed by atoms with Gasteiger partial charge < -0.3 is 19.9 Å². The van der Waals surface area contributed by atoms with Crippen molar-refractivity contribution >= 4 is 27.6 Å². The van der Waals surface area contributed by atoms with Gasteiger partial charge in [-0.15, -0.1) is 0 Å². The molecule has 1 N–H and O–H groups in total. The third kappa shape index (κ3) is 5.52. The van der Waals surface area contributed by atoms with E-state index in [4.69, 9.17) is 4.74 Å². The number of rotatable bonds is 8. The van der Waals surface area contributed by atoms with Crippen LogP contribution in [0.2, 0.25) is 0 Å². The van der Waals surface area contributed by atoms with E-state index in [9.17, 15) is 18.5 Å². The van der Waals surface area contributed by atoms with Gasteiger partial charge in [0, 0.05) is 54.8 Å². The van der Waals surface area contributed by atoms with Crippen LogP contribution in [-0.2, 0) is 20.4 Å². The molecular weight excluding hydrogens is 653 g/mol. The monoisotopic (exact) mass is 696 g/mol. The molecule has 0 radical (unpaired) electrons. The average molecular weight is 697 g/mol. The van der Waals surface area contributed by atoms with E-state index in [0.717, 1.165) is 48.9 Å². The quantitative estimate of drug-likeness (QED) is 0.367. The van der Waals surface area contributed by atoms with Crippen molar-refractivity contribution in [3.8, 4) is 11.8 Å². The number of piperidine rings is 1. The number of nitrogens with one attached hydrogen (secondary N) is 1. The van der Waals surface area contributed by atoms with Crippen LogP contribution in [0.3, 0.4) is 0 Å². The fourth-order valence-corrected chi connectivity index (χ4v) is 9.67. The number of ether oxygens (including phenoxy) is 1. The highest BCUT2D eigenvalue weighted by Crippen LogP contribution is 2.50. The van der Waals surface area contributed by atoms with Gasteiger partial charge in [-0.1, -0.05) is 35.9 Å². The molecule has 7 rings (SSSR count). The van der Waals surface area contributed by atoms with Gasteiger partial charge in [0.2, 0.25) is 0 Å². The fraction of sp³-hybridized carbons (Fsp3) is 0.447. The highest BCUT2D eigenvalue weighted by atomic mass is 32.2. The topological polar surface area (TPSA) is 126 Å². The predicted molar refractivity (Wildman–Crippen MR) is 189 cm³/mol. The van der Waals surface area contributed by atoms with E-state index in [1.807, 2.05) is 13.8 Å². The summed E-state index contributed by atoms with van der Waals surface area (Å²) in [7, 11) is -4.44. The molecule has 11 nitrogen and oxygen atoms in total. The number of carbonyl (C=O) groups excluding carboxylic acids is 2. The number of hydrogen-bond acceptors (Lipinski definition) is 8. The van der Waals surface area contributed by atoms with Crippen LogP contribution in [0.1, 0.15) is 55.9 Å². The Labute approximate surface area is 294 Å². The number of carbonyl (C=O) groups is 2. The average Bonchev–Trinajstić information content (AvgIpc) is 3.31. The minimum absolute atomic E-state index is 0.00923. The first-order valence-corrected chi connectivity index (χ1v) is 18.8. The lowest BCUT2D eigenvalue weighted by Crippen LogP contribution is -2.76. The van der Waals surface area contributed by atoms with E-state index in [1.165, 1.54) is 30.3 Å². The second kappa shape index (κ2) is 12.7. The number of hydrogen-bond donors (Lipinski definition) is 1. The lowest BCUT2D eigenvalue weighted by Gasteiger charge is -2.62. The number of urea groups is 1. The maximum Gasteiger partial charge on any atom is 0.318 e. The van der Waals surface area contributed by atoms with Crippen LogP contribution in [0.5, 0.6) is 5.75 Å². The summed E-state index contributed by atoms with van der Waals surface area (Å²) in [6.07, 6.45) is 2.29. The van der Waals surface area contributed by atoms with Gasteiger partial charge in [-0.3, -0.25) is 9.69 Å². The number of fused-ring (bicyclic) bond motifs is 1. The molecule has 3 amide bonds. The largest absolute Gasteiger partial charge is 0.493 e. The number of amides is 3. The minimum atomic E-state index is -4.44. The van der Waals surface area contributed by atoms with E-state index >= 15 is 4.79 Å². The third-order valence-electron chi connectivity index (χ3n) is 10.9. The lowest BCUT2D eigenvalue weighted by molar-refractivity contribution is -0.124. The molecule has 4 heterocycles. The van der Waals surface area contributed by atoms with Gasteiger partial charge in [0.15, 0.2) is 5.54 Å². The highest BCUT2D eigenvalue weighted by Gasteiger charge is 2.60. The first-order valence-electron chi connectivity index (χ1n) is 17.4. The second-order valence-corrected chi connectivity index (χ2v) is 16.2. The minimum Gasteiger partial charge on any atom is -0.493 e. The number of likely N-dealkylation sites (tertiary alicyclic amines) is 3. The van der Waals surface area contributed by atoms with Crippen molar-refractivity contribution < 1.29 is 22.7 Å². The van der Waals surface area contributed by atoms with Crippen LogP contribution in [-0.4, -0.2) is 93.0 Å². The summed E-state index contributed by atoms with van der Waals surface area (Å²) in [5, 5.41) is 12.9. The molecule has 0 aromatic heterocycles. The van der Waals surface area contributed by atoms with Crippen LogP contribution < -0.4 is 14.4 Å². The Hall–Kier alpha value is -4.44. The van der Waals surface area contributed by atoms with Gasteiger partial charge in [0.1, 0.15) is 5.75 Å². The molecule has 4 aliphatic rings. The Morgan fingerprint density at radius 3 is 2.32 bits per heavy atom. The SMILES string of the molecule is CCOc1ccccc1C1(NC(=O)N2CC3(C2)CN(C2CCN(C(C)C)CC2)C3)C(=O)N(S(=O)(=O)c2ccc(C)cc2)c2ccc(C#N)cc21. The molecule has 1 atom stereocenters. The van der Waals surface area contributed by atoms with Gasteiger partial charge in [0.05, 0.1) is 28.8 Å². The summed E-state index contributed by atoms with van der Waals surface area (Å²) in [6.45, 7) is 13.5. The number of para-hydroxylation sites is 1. The maximum atomic E-state index is 15.0. The predicted octanol–water partition coefficient (Wildman–Crippen LogP) is 4.44. The number of nitriles is 1. The molecule has 3 saturated heterocycles. The van der Waals surface area contributed by atoms with Crippen LogP contribution in [0, 0.1) is 23.7 Å². The lowest BCUT2D eigenvalue weighted by atomic mass is 9.71. The summed E-state index contributed by atoms with van der Waals surface area (Å²) in [5.74, 6) is -0.550. The zero-order chi connectivity index (χ0) is 35.4. The summed E-state index contributed by atoms with van der Waals surface area (Å²) in [5.41, 5.74) is -0.362. The summed E-state index contributed by atoms with van der Waals surface area (Å²) in [4.78, 5) is 36.0. The molecule has 4 aliphatic heterocycles. The van der Waals surface area contributed by atoms with E-state index in [0.29, 0.717) is 30.9 Å². The van der Waals surface area contributed by atoms with Gasteiger partial charge in [-0.05, 0) is 90.0 Å². The van der Waals surface area contributed by atoms with Crippen molar-refractivity contribution in [2.75, 3.05) is 50.2 Å². The Morgan fingerprint density at radius 2 is 1.68 bits per heavy atom. The highest BCUT2D eigenvalue weighted by molar-refractivity contribution is 7.93. The second-order valence-electron chi connectivity index (χ2n) is 14.5. The van der Waals surface area contributed by atoms with Gasteiger partial charge in [0.25, 0.3) is 15.9 Å². The Morgan fingerprint density at radius 1 is 1.00 bits per heavy atom. The Balaban J connectivity index is 1.21. The van der Waals surface area contributed by atoms with Crippen molar-refractivity contribution in [1.82, 2.24) is 20.0 Å². The molecule has 3 aromatic rings. The van der Waals surface area contributed by atoms with E-state index in [2.05, 4.69) is 35.0 Å². The van der Waals surface area contributed by atoms with Crippen molar-refractivity contribution in [1.29, 1.82) is 5.26 Å². The fourth-order valence-electron chi connectivity index (χ4n) is 8.21. The summed E-state index contributed by atoms with van der Waals surface area (Å²) < 4.78 is 35.4. The first kappa shape index (κ1) is 34.0.